The second-order valence-electron chi connectivity index (χ2n) is 7.24. The third-order valence-electron chi connectivity index (χ3n) is 5.15. The van der Waals surface area contributed by atoms with E-state index >= 15 is 0 Å². The lowest BCUT2D eigenvalue weighted by molar-refractivity contribution is 0.00578. The minimum Gasteiger partial charge on any atom is -0.508 e. The van der Waals surface area contributed by atoms with Crippen molar-refractivity contribution in [1.29, 1.82) is 0 Å². The lowest BCUT2D eigenvalue weighted by Crippen LogP contribution is -2.41. The van der Waals surface area contributed by atoms with Crippen molar-refractivity contribution in [3.8, 4) is 5.75 Å². The smallest absolute Gasteiger partial charge is 0.508 e. The molecule has 1 saturated carbocycles. The second-order valence-corrected chi connectivity index (χ2v) is 7.24. The number of allylic oxidation sites excluding steroid dienone is 1. The van der Waals surface area contributed by atoms with E-state index < -0.39 is 18.3 Å². The maximum atomic E-state index is 14.6. The molecule has 0 spiro atoms. The first-order valence-electron chi connectivity index (χ1n) is 7.71. The van der Waals surface area contributed by atoms with Gasteiger partial charge in [-0.1, -0.05) is 12.1 Å². The van der Waals surface area contributed by atoms with Crippen LogP contribution in [0.1, 0.15) is 52.0 Å². The van der Waals surface area contributed by atoms with Crippen molar-refractivity contribution in [2.75, 3.05) is 0 Å². The quantitative estimate of drug-likeness (QED) is 0.835. The van der Waals surface area contributed by atoms with Crippen molar-refractivity contribution in [2.45, 2.75) is 57.7 Å². The second kappa shape index (κ2) is 5.10. The Morgan fingerprint density at radius 2 is 1.59 bits per heavy atom. The van der Waals surface area contributed by atoms with Gasteiger partial charge in [0.15, 0.2) is 0 Å². The average Bonchev–Trinajstić information content (AvgIpc) is 2.59. The number of phenols is 1. The van der Waals surface area contributed by atoms with Crippen molar-refractivity contribution in [1.82, 2.24) is 0 Å². The Balaban J connectivity index is 1.68. The van der Waals surface area contributed by atoms with Crippen LogP contribution in [-0.2, 0) is 9.31 Å². The molecule has 1 aromatic carbocycles. The molecular formula is C17H22BFO3. The molecule has 0 bridgehead atoms. The Morgan fingerprint density at radius 1 is 1.09 bits per heavy atom. The van der Waals surface area contributed by atoms with Crippen LogP contribution in [0.25, 0.3) is 0 Å². The van der Waals surface area contributed by atoms with Gasteiger partial charge < -0.3 is 14.4 Å². The van der Waals surface area contributed by atoms with Gasteiger partial charge in [0.05, 0.1) is 11.2 Å². The third-order valence-corrected chi connectivity index (χ3v) is 5.15. The zero-order valence-electron chi connectivity index (χ0n) is 13.5. The summed E-state index contributed by atoms with van der Waals surface area (Å²) in [4.78, 5) is 0. The highest BCUT2D eigenvalue weighted by atomic mass is 19.1. The molecule has 1 heterocycles. The molecule has 5 heteroatoms. The van der Waals surface area contributed by atoms with E-state index in [0.717, 1.165) is 11.1 Å². The first kappa shape index (κ1) is 15.6. The molecule has 2 fully saturated rings. The summed E-state index contributed by atoms with van der Waals surface area (Å²) in [6.45, 7) is 7.69. The molecule has 1 N–H and O–H groups in total. The molecule has 1 aliphatic carbocycles. The Bertz CT molecular complexity index is 583. The van der Waals surface area contributed by atoms with E-state index in [-0.39, 0.29) is 11.5 Å². The van der Waals surface area contributed by atoms with Crippen LogP contribution in [0.15, 0.2) is 35.6 Å². The summed E-state index contributed by atoms with van der Waals surface area (Å²) in [5, 5.41) is 9.31. The summed E-state index contributed by atoms with van der Waals surface area (Å²) in [5.74, 6) is 0.561. The van der Waals surface area contributed by atoms with Crippen molar-refractivity contribution >= 4 is 7.12 Å². The number of benzene rings is 1. The minimum absolute atomic E-state index is 0.252. The number of phenolic OH excluding ortho intramolecular Hbond substituents is 1. The monoisotopic (exact) mass is 304 g/mol. The van der Waals surface area contributed by atoms with Gasteiger partial charge in [0, 0.05) is 0 Å². The molecular weight excluding hydrogens is 282 g/mol. The predicted octanol–water partition coefficient (Wildman–Crippen LogP) is 4.12. The molecule has 3 rings (SSSR count). The van der Waals surface area contributed by atoms with Crippen molar-refractivity contribution in [3.63, 3.8) is 0 Å². The molecule has 2 aliphatic rings. The summed E-state index contributed by atoms with van der Waals surface area (Å²) < 4.78 is 26.1. The van der Waals surface area contributed by atoms with Crippen LogP contribution in [-0.4, -0.2) is 23.4 Å². The summed E-state index contributed by atoms with van der Waals surface area (Å²) in [6, 6.07) is 7.12. The van der Waals surface area contributed by atoms with Crippen LogP contribution in [0.5, 0.6) is 5.75 Å². The van der Waals surface area contributed by atoms with Crippen molar-refractivity contribution in [2.24, 2.45) is 0 Å². The van der Waals surface area contributed by atoms with E-state index in [2.05, 4.69) is 0 Å². The maximum Gasteiger partial charge on any atom is 0.525 e. The van der Waals surface area contributed by atoms with E-state index in [9.17, 15) is 9.50 Å². The Hall–Kier alpha value is -1.33. The minimum atomic E-state index is -0.888. The summed E-state index contributed by atoms with van der Waals surface area (Å²) in [7, 11) is -0.888. The average molecular weight is 304 g/mol. The molecule has 3 nitrogen and oxygen atoms in total. The molecule has 1 saturated heterocycles. The molecule has 0 aromatic heterocycles. The van der Waals surface area contributed by atoms with Gasteiger partial charge >= 0.3 is 7.12 Å². The largest absolute Gasteiger partial charge is 0.525 e. The van der Waals surface area contributed by atoms with E-state index in [1.54, 1.807) is 12.1 Å². The standard InChI is InChI=1S/C17H22BFO3/c1-16(2)17(3,4)22-18(21-16)15(19)13-9-12(10-13)11-5-7-14(20)8-6-11/h5-8,12,20H,9-10H2,1-4H3. The lowest BCUT2D eigenvalue weighted by Gasteiger charge is -2.32. The first-order chi connectivity index (χ1) is 10.2. The highest BCUT2D eigenvalue weighted by Crippen LogP contribution is 2.46. The van der Waals surface area contributed by atoms with E-state index in [1.807, 2.05) is 39.8 Å². The van der Waals surface area contributed by atoms with Crippen LogP contribution < -0.4 is 0 Å². The van der Waals surface area contributed by atoms with Gasteiger partial charge in [0.2, 0.25) is 0 Å². The number of aromatic hydroxyl groups is 1. The van der Waals surface area contributed by atoms with Gasteiger partial charge in [-0.05, 0) is 69.7 Å². The third kappa shape index (κ3) is 2.57. The van der Waals surface area contributed by atoms with E-state index in [0.29, 0.717) is 18.8 Å². The zero-order chi connectivity index (χ0) is 16.1. The van der Waals surface area contributed by atoms with Crippen LogP contribution in [0.2, 0.25) is 0 Å². The maximum absolute atomic E-state index is 14.6. The molecule has 118 valence electrons. The van der Waals surface area contributed by atoms with Crippen LogP contribution >= 0.6 is 0 Å². The Morgan fingerprint density at radius 3 is 2.09 bits per heavy atom. The van der Waals surface area contributed by atoms with Gasteiger partial charge in [-0.2, -0.15) is 0 Å². The van der Waals surface area contributed by atoms with Gasteiger partial charge in [0.25, 0.3) is 0 Å². The molecule has 0 unspecified atom stereocenters. The number of hydrogen-bond donors (Lipinski definition) is 1. The highest BCUT2D eigenvalue weighted by molar-refractivity contribution is 6.53. The molecule has 1 aliphatic heterocycles. The van der Waals surface area contributed by atoms with Gasteiger partial charge in [-0.15, -0.1) is 0 Å². The normalized spacial score (nSPS) is 26.0. The van der Waals surface area contributed by atoms with Crippen molar-refractivity contribution < 1.29 is 18.8 Å². The van der Waals surface area contributed by atoms with Crippen LogP contribution in [0.4, 0.5) is 4.39 Å². The fourth-order valence-corrected chi connectivity index (χ4v) is 2.83. The zero-order valence-corrected chi connectivity index (χ0v) is 13.5. The Kier molecular flexibility index (Phi) is 3.61. The molecule has 1 aromatic rings. The fourth-order valence-electron chi connectivity index (χ4n) is 2.83. The highest BCUT2D eigenvalue weighted by Gasteiger charge is 2.54. The van der Waals surface area contributed by atoms with Gasteiger partial charge in [-0.25, -0.2) is 4.39 Å². The summed E-state index contributed by atoms with van der Waals surface area (Å²) in [5.41, 5.74) is 0.597. The van der Waals surface area contributed by atoms with E-state index in [4.69, 9.17) is 9.31 Å². The Labute approximate surface area is 131 Å². The van der Waals surface area contributed by atoms with Gasteiger partial charge in [0.1, 0.15) is 11.5 Å². The predicted molar refractivity (Wildman–Crippen MR) is 84.3 cm³/mol. The van der Waals surface area contributed by atoms with Gasteiger partial charge in [-0.3, -0.25) is 0 Å². The molecule has 0 radical (unpaired) electrons. The SMILES string of the molecule is CC1(C)OB(C(F)=C2CC(c3ccc(O)cc3)C2)OC1(C)C. The first-order valence-corrected chi connectivity index (χ1v) is 7.71. The number of hydrogen-bond acceptors (Lipinski definition) is 3. The summed E-state index contributed by atoms with van der Waals surface area (Å²) in [6.07, 6.45) is 1.36. The summed E-state index contributed by atoms with van der Waals surface area (Å²) >= 11 is 0. The molecule has 0 atom stereocenters. The van der Waals surface area contributed by atoms with Crippen LogP contribution in [0.3, 0.4) is 0 Å². The number of rotatable bonds is 2. The van der Waals surface area contributed by atoms with Crippen LogP contribution in [0, 0.1) is 0 Å². The van der Waals surface area contributed by atoms with E-state index in [1.165, 1.54) is 0 Å². The fraction of sp³-hybridized carbons (Fsp3) is 0.529. The van der Waals surface area contributed by atoms with Crippen molar-refractivity contribution in [3.05, 3.63) is 41.1 Å². The molecule has 22 heavy (non-hydrogen) atoms. The molecule has 0 amide bonds. The lowest BCUT2D eigenvalue weighted by atomic mass is 9.70. The number of halogens is 1. The topological polar surface area (TPSA) is 38.7 Å².